The number of rotatable bonds is 9. The van der Waals surface area contributed by atoms with E-state index in [1.54, 1.807) is 12.5 Å². The number of anilines is 1. The van der Waals surface area contributed by atoms with Gasteiger partial charge in [-0.1, -0.05) is 18.9 Å². The van der Waals surface area contributed by atoms with E-state index in [2.05, 4.69) is 33.4 Å². The van der Waals surface area contributed by atoms with Crippen molar-refractivity contribution in [2.45, 2.75) is 71.3 Å². The molecular weight excluding hydrogens is 484 g/mol. The van der Waals surface area contributed by atoms with Gasteiger partial charge in [0.15, 0.2) is 17.3 Å². The predicted octanol–water partition coefficient (Wildman–Crippen LogP) is 4.59. The van der Waals surface area contributed by atoms with Crippen molar-refractivity contribution in [2.24, 2.45) is 11.8 Å². The summed E-state index contributed by atoms with van der Waals surface area (Å²) in [6.45, 7) is 9.28. The summed E-state index contributed by atoms with van der Waals surface area (Å²) in [7, 11) is 0. The Balaban J connectivity index is 1.34. The molecule has 1 saturated heterocycles. The van der Waals surface area contributed by atoms with Crippen molar-refractivity contribution in [1.82, 2.24) is 33.8 Å². The molecule has 37 heavy (non-hydrogen) atoms. The molecule has 6 rings (SSSR count). The lowest BCUT2D eigenvalue weighted by Crippen LogP contribution is -2.34. The van der Waals surface area contributed by atoms with Crippen LogP contribution in [0.2, 0.25) is 0 Å². The highest BCUT2D eigenvalue weighted by Gasteiger charge is 2.33. The monoisotopic (exact) mass is 520 g/mol. The van der Waals surface area contributed by atoms with Gasteiger partial charge in [-0.15, -0.1) is 0 Å². The van der Waals surface area contributed by atoms with Crippen LogP contribution in [0.1, 0.15) is 75.7 Å². The lowest BCUT2D eigenvalue weighted by atomic mass is 9.98. The zero-order chi connectivity index (χ0) is 25.5. The van der Waals surface area contributed by atoms with E-state index in [-0.39, 0.29) is 11.6 Å². The second-order valence-corrected chi connectivity index (χ2v) is 12.1. The molecule has 196 valence electrons. The summed E-state index contributed by atoms with van der Waals surface area (Å²) < 4.78 is 4.32. The molecule has 0 aromatic carbocycles. The highest BCUT2D eigenvalue weighted by Crippen LogP contribution is 2.43. The molecular formula is C27H36N8OS. The van der Waals surface area contributed by atoms with E-state index in [9.17, 15) is 4.79 Å². The third-order valence-electron chi connectivity index (χ3n) is 8.04. The summed E-state index contributed by atoms with van der Waals surface area (Å²) in [4.78, 5) is 37.2. The van der Waals surface area contributed by atoms with Gasteiger partial charge in [0, 0.05) is 37.3 Å². The molecule has 2 saturated carbocycles. The number of nitrogens with zero attached hydrogens (tertiary/aromatic N) is 7. The van der Waals surface area contributed by atoms with Gasteiger partial charge in [-0.25, -0.2) is 24.9 Å². The second kappa shape index (κ2) is 10.3. The number of aryl methyl sites for hydroxylation is 1. The minimum atomic E-state index is -0.0843. The molecule has 2 aliphatic carbocycles. The van der Waals surface area contributed by atoms with Crippen LogP contribution in [0.4, 0.5) is 5.82 Å². The van der Waals surface area contributed by atoms with Gasteiger partial charge in [0.1, 0.15) is 11.8 Å². The van der Waals surface area contributed by atoms with Crippen LogP contribution in [0.15, 0.2) is 17.3 Å². The fourth-order valence-corrected chi connectivity index (χ4v) is 6.34. The Bertz CT molecular complexity index is 1340. The average Bonchev–Trinajstić information content (AvgIpc) is 3.82. The zero-order valence-electron chi connectivity index (χ0n) is 22.0. The molecule has 10 heteroatoms. The molecule has 3 fully saturated rings. The smallest absolute Gasteiger partial charge is 0.295 e. The lowest BCUT2D eigenvalue weighted by molar-refractivity contribution is 0.301. The zero-order valence-corrected chi connectivity index (χ0v) is 22.8. The summed E-state index contributed by atoms with van der Waals surface area (Å²) in [5.74, 6) is 3.60. The third-order valence-corrected chi connectivity index (χ3v) is 9.03. The molecule has 3 aromatic heterocycles. The van der Waals surface area contributed by atoms with E-state index in [0.29, 0.717) is 40.6 Å². The van der Waals surface area contributed by atoms with Crippen LogP contribution in [0.3, 0.4) is 0 Å². The first-order valence-corrected chi connectivity index (χ1v) is 14.7. The fraction of sp³-hybridized carbons (Fsp3) is 0.630. The third kappa shape index (κ3) is 5.10. The standard InChI is InChI=1S/C27H36N8OS/c1-4-37-34-11-9-18(10-12-34)13-28-25-27(36)35(17(3)19-5-6-19)26-21(32-25)14-29-24(33-26)22-16(2)30-15-31-23(22)20-7-8-20/h14-15,17-20H,4-13H2,1-3H3,(H,28,32)/t17-/m0/s1. The Morgan fingerprint density at radius 1 is 1.08 bits per heavy atom. The van der Waals surface area contributed by atoms with Crippen molar-refractivity contribution in [2.75, 3.05) is 30.7 Å². The van der Waals surface area contributed by atoms with Crippen molar-refractivity contribution in [1.29, 1.82) is 0 Å². The minimum absolute atomic E-state index is 0.0617. The number of hydrogen-bond acceptors (Lipinski definition) is 9. The highest BCUT2D eigenvalue weighted by atomic mass is 32.2. The summed E-state index contributed by atoms with van der Waals surface area (Å²) >= 11 is 1.92. The molecule has 1 atom stereocenters. The van der Waals surface area contributed by atoms with E-state index >= 15 is 0 Å². The maximum Gasteiger partial charge on any atom is 0.295 e. The van der Waals surface area contributed by atoms with Crippen LogP contribution in [0.25, 0.3) is 22.6 Å². The largest absolute Gasteiger partial charge is 0.365 e. The Hall–Kier alpha value is -2.59. The summed E-state index contributed by atoms with van der Waals surface area (Å²) in [6.07, 6.45) is 10.2. The molecule has 0 amide bonds. The van der Waals surface area contributed by atoms with Gasteiger partial charge < -0.3 is 5.32 Å². The van der Waals surface area contributed by atoms with E-state index in [1.165, 1.54) is 0 Å². The predicted molar refractivity (Wildman–Crippen MR) is 148 cm³/mol. The average molecular weight is 521 g/mol. The molecule has 0 bridgehead atoms. The van der Waals surface area contributed by atoms with Gasteiger partial charge in [0.2, 0.25) is 0 Å². The van der Waals surface area contributed by atoms with Crippen molar-refractivity contribution in [3.63, 3.8) is 0 Å². The van der Waals surface area contributed by atoms with Gasteiger partial charge in [-0.3, -0.25) is 13.7 Å². The van der Waals surface area contributed by atoms with Crippen LogP contribution < -0.4 is 10.9 Å². The van der Waals surface area contributed by atoms with Crippen LogP contribution in [-0.2, 0) is 0 Å². The fourth-order valence-electron chi connectivity index (χ4n) is 5.50. The lowest BCUT2D eigenvalue weighted by Gasteiger charge is -2.30. The van der Waals surface area contributed by atoms with Gasteiger partial charge in [0.05, 0.1) is 23.1 Å². The normalized spacial score (nSPS) is 19.9. The molecule has 1 N–H and O–H groups in total. The number of aromatic nitrogens is 6. The van der Waals surface area contributed by atoms with Crippen LogP contribution >= 0.6 is 11.9 Å². The Labute approximate surface area is 222 Å². The Kier molecular flexibility index (Phi) is 6.88. The first-order chi connectivity index (χ1) is 18.0. The van der Waals surface area contributed by atoms with Gasteiger partial charge in [0.25, 0.3) is 5.56 Å². The second-order valence-electron chi connectivity index (χ2n) is 10.8. The van der Waals surface area contributed by atoms with Crippen LogP contribution in [0, 0.1) is 18.8 Å². The Morgan fingerprint density at radius 3 is 2.57 bits per heavy atom. The topological polar surface area (TPSA) is 102 Å². The molecule has 4 heterocycles. The minimum Gasteiger partial charge on any atom is -0.365 e. The summed E-state index contributed by atoms with van der Waals surface area (Å²) in [5.41, 5.74) is 3.96. The number of fused-ring (bicyclic) bond motifs is 1. The molecule has 0 unspecified atom stereocenters. The van der Waals surface area contributed by atoms with Gasteiger partial charge in [-0.2, -0.15) is 0 Å². The van der Waals surface area contributed by atoms with E-state index in [0.717, 1.165) is 80.9 Å². The number of nitrogens with one attached hydrogen (secondary N) is 1. The van der Waals surface area contributed by atoms with Crippen molar-refractivity contribution in [3.05, 3.63) is 34.3 Å². The van der Waals surface area contributed by atoms with E-state index in [4.69, 9.17) is 15.0 Å². The number of piperidine rings is 1. The molecule has 0 spiro atoms. The van der Waals surface area contributed by atoms with E-state index in [1.807, 2.05) is 23.4 Å². The molecule has 9 nitrogen and oxygen atoms in total. The summed E-state index contributed by atoms with van der Waals surface area (Å²) in [5, 5.41) is 3.42. The van der Waals surface area contributed by atoms with Gasteiger partial charge >= 0.3 is 0 Å². The molecule has 0 radical (unpaired) electrons. The molecule has 3 aromatic rings. The SMILES string of the molecule is CCSN1CCC(CNc2nc3cnc(-c4c(C)ncnc4C4CC4)nc3n([C@@H](C)C3CC3)c2=O)CC1. The van der Waals surface area contributed by atoms with Crippen LogP contribution in [0.5, 0.6) is 0 Å². The Morgan fingerprint density at radius 2 is 1.86 bits per heavy atom. The van der Waals surface area contributed by atoms with Crippen molar-refractivity contribution >= 4 is 28.9 Å². The first-order valence-electron chi connectivity index (χ1n) is 13.8. The summed E-state index contributed by atoms with van der Waals surface area (Å²) in [6, 6.07) is 0.0617. The maximum atomic E-state index is 13.8. The van der Waals surface area contributed by atoms with E-state index < -0.39 is 0 Å². The quantitative estimate of drug-likeness (QED) is 0.406. The first kappa shape index (κ1) is 24.7. The molecule has 1 aliphatic heterocycles. The molecule has 3 aliphatic rings. The van der Waals surface area contributed by atoms with Crippen molar-refractivity contribution < 1.29 is 0 Å². The number of hydrogen-bond donors (Lipinski definition) is 1. The highest BCUT2D eigenvalue weighted by molar-refractivity contribution is 7.96. The van der Waals surface area contributed by atoms with Crippen LogP contribution in [-0.4, -0.2) is 59.2 Å². The van der Waals surface area contributed by atoms with Crippen molar-refractivity contribution in [3.8, 4) is 11.4 Å². The van der Waals surface area contributed by atoms with Gasteiger partial charge in [-0.05, 0) is 64.2 Å². The maximum absolute atomic E-state index is 13.8.